The minimum atomic E-state index is -0.123. The maximum Gasteiger partial charge on any atom is 0.290 e. The van der Waals surface area contributed by atoms with Gasteiger partial charge in [-0.1, -0.05) is 6.42 Å². The maximum atomic E-state index is 11.5. The molecule has 17 heavy (non-hydrogen) atoms. The minimum absolute atomic E-state index is 0.123. The highest BCUT2D eigenvalue weighted by Crippen LogP contribution is 2.49. The molecule has 2 aliphatic carbocycles. The standard InChI is InChI=1S/C13H19N3O/c1-8(11-7-9-2-3-10(11)6-9)16-12-13(17)15-5-4-14-12/h4-5,8-11H,2-3,6-7H2,1H3,(H,14,16)(H,15,17). The monoisotopic (exact) mass is 233 g/mol. The lowest BCUT2D eigenvalue weighted by Crippen LogP contribution is -2.32. The molecule has 1 heterocycles. The van der Waals surface area contributed by atoms with Gasteiger partial charge in [-0.05, 0) is 43.9 Å². The van der Waals surface area contributed by atoms with E-state index in [0.29, 0.717) is 11.9 Å². The number of aromatic amines is 1. The van der Waals surface area contributed by atoms with Crippen molar-refractivity contribution >= 4 is 5.82 Å². The molecule has 1 aromatic heterocycles. The summed E-state index contributed by atoms with van der Waals surface area (Å²) in [4.78, 5) is 18.3. The van der Waals surface area contributed by atoms with Crippen LogP contribution in [0.3, 0.4) is 0 Å². The molecule has 0 saturated heterocycles. The molecule has 0 radical (unpaired) electrons. The zero-order valence-corrected chi connectivity index (χ0v) is 10.1. The van der Waals surface area contributed by atoms with Crippen molar-refractivity contribution in [3.8, 4) is 0 Å². The number of fused-ring (bicyclic) bond motifs is 2. The van der Waals surface area contributed by atoms with E-state index in [1.807, 2.05) is 0 Å². The first-order chi connectivity index (χ1) is 8.24. The summed E-state index contributed by atoms with van der Waals surface area (Å²) >= 11 is 0. The molecule has 4 atom stereocenters. The predicted octanol–water partition coefficient (Wildman–Crippen LogP) is 2.01. The van der Waals surface area contributed by atoms with Crippen LogP contribution >= 0.6 is 0 Å². The molecule has 2 fully saturated rings. The average Bonchev–Trinajstić information content (AvgIpc) is 2.94. The average molecular weight is 233 g/mol. The SMILES string of the molecule is CC(Nc1ncc[nH]c1=O)C1CC2CCC1C2. The van der Waals surface area contributed by atoms with Gasteiger partial charge in [0.2, 0.25) is 0 Å². The Morgan fingerprint density at radius 1 is 1.47 bits per heavy atom. The first-order valence-corrected chi connectivity index (χ1v) is 6.54. The molecule has 2 saturated carbocycles. The first-order valence-electron chi connectivity index (χ1n) is 6.54. The smallest absolute Gasteiger partial charge is 0.290 e. The number of nitrogens with one attached hydrogen (secondary N) is 2. The van der Waals surface area contributed by atoms with E-state index in [1.54, 1.807) is 12.4 Å². The molecule has 0 aliphatic heterocycles. The van der Waals surface area contributed by atoms with E-state index in [2.05, 4.69) is 22.2 Å². The van der Waals surface area contributed by atoms with Gasteiger partial charge in [0.25, 0.3) is 5.56 Å². The summed E-state index contributed by atoms with van der Waals surface area (Å²) in [6.45, 7) is 2.18. The summed E-state index contributed by atoms with van der Waals surface area (Å²) in [5, 5.41) is 3.28. The molecule has 4 heteroatoms. The molecule has 2 N–H and O–H groups in total. The molecule has 3 rings (SSSR count). The Morgan fingerprint density at radius 3 is 3.00 bits per heavy atom. The molecule has 2 aliphatic rings. The van der Waals surface area contributed by atoms with Crippen molar-refractivity contribution in [2.45, 2.75) is 38.6 Å². The summed E-state index contributed by atoms with van der Waals surface area (Å²) in [5.74, 6) is 2.99. The predicted molar refractivity (Wildman–Crippen MR) is 66.9 cm³/mol. The van der Waals surface area contributed by atoms with E-state index < -0.39 is 0 Å². The molecule has 92 valence electrons. The third-order valence-corrected chi connectivity index (χ3v) is 4.51. The van der Waals surface area contributed by atoms with Crippen molar-refractivity contribution in [3.05, 3.63) is 22.7 Å². The van der Waals surface area contributed by atoms with E-state index >= 15 is 0 Å². The van der Waals surface area contributed by atoms with Gasteiger partial charge < -0.3 is 10.3 Å². The van der Waals surface area contributed by atoms with E-state index in [-0.39, 0.29) is 5.56 Å². The fourth-order valence-corrected chi connectivity index (χ4v) is 3.68. The first kappa shape index (κ1) is 10.8. The quantitative estimate of drug-likeness (QED) is 0.839. The largest absolute Gasteiger partial charge is 0.363 e. The summed E-state index contributed by atoms with van der Waals surface area (Å²) in [6, 6.07) is 0.348. The molecule has 0 aromatic carbocycles. The second kappa shape index (κ2) is 4.17. The van der Waals surface area contributed by atoms with E-state index in [0.717, 1.165) is 17.8 Å². The van der Waals surface area contributed by atoms with Gasteiger partial charge >= 0.3 is 0 Å². The highest BCUT2D eigenvalue weighted by molar-refractivity contribution is 5.31. The zero-order valence-electron chi connectivity index (χ0n) is 10.1. The Bertz CT molecular complexity index is 456. The number of rotatable bonds is 3. The van der Waals surface area contributed by atoms with Crippen molar-refractivity contribution in [1.29, 1.82) is 0 Å². The van der Waals surface area contributed by atoms with Gasteiger partial charge in [0.15, 0.2) is 5.82 Å². The summed E-state index contributed by atoms with van der Waals surface area (Å²) in [7, 11) is 0. The number of nitrogens with zero attached hydrogens (tertiary/aromatic N) is 1. The van der Waals surface area contributed by atoms with Gasteiger partial charge in [-0.3, -0.25) is 4.79 Å². The molecule has 2 bridgehead atoms. The number of hydrogen-bond acceptors (Lipinski definition) is 3. The lowest BCUT2D eigenvalue weighted by molar-refractivity contribution is 0.304. The lowest BCUT2D eigenvalue weighted by atomic mass is 9.84. The van der Waals surface area contributed by atoms with Crippen LogP contribution in [0.2, 0.25) is 0 Å². The lowest BCUT2D eigenvalue weighted by Gasteiger charge is -2.28. The summed E-state index contributed by atoms with van der Waals surface area (Å²) in [5.41, 5.74) is -0.123. The van der Waals surface area contributed by atoms with Gasteiger partial charge in [0, 0.05) is 18.4 Å². The van der Waals surface area contributed by atoms with Crippen molar-refractivity contribution in [2.24, 2.45) is 17.8 Å². The fourth-order valence-electron chi connectivity index (χ4n) is 3.68. The van der Waals surface area contributed by atoms with Crippen LogP contribution in [0.15, 0.2) is 17.2 Å². The Hall–Kier alpha value is -1.32. The highest BCUT2D eigenvalue weighted by Gasteiger charge is 2.41. The normalized spacial score (nSPS) is 32.6. The van der Waals surface area contributed by atoms with Crippen LogP contribution in [-0.4, -0.2) is 16.0 Å². The van der Waals surface area contributed by atoms with Crippen LogP contribution in [0, 0.1) is 17.8 Å². The third-order valence-electron chi connectivity index (χ3n) is 4.51. The van der Waals surface area contributed by atoms with Crippen molar-refractivity contribution in [1.82, 2.24) is 9.97 Å². The second-order valence-corrected chi connectivity index (χ2v) is 5.54. The van der Waals surface area contributed by atoms with Crippen molar-refractivity contribution < 1.29 is 0 Å². The minimum Gasteiger partial charge on any atom is -0.363 e. The Balaban J connectivity index is 1.70. The van der Waals surface area contributed by atoms with Crippen LogP contribution in [0.1, 0.15) is 32.6 Å². The van der Waals surface area contributed by atoms with Crippen molar-refractivity contribution in [2.75, 3.05) is 5.32 Å². The zero-order chi connectivity index (χ0) is 11.8. The van der Waals surface area contributed by atoms with Crippen LogP contribution in [0.25, 0.3) is 0 Å². The number of H-pyrrole nitrogens is 1. The number of aromatic nitrogens is 2. The molecule has 0 amide bonds. The van der Waals surface area contributed by atoms with Gasteiger partial charge in [-0.25, -0.2) is 4.98 Å². The summed E-state index contributed by atoms with van der Waals surface area (Å²) in [6.07, 6.45) is 8.70. The number of anilines is 1. The molecule has 4 nitrogen and oxygen atoms in total. The van der Waals surface area contributed by atoms with Gasteiger partial charge in [0.05, 0.1) is 0 Å². The maximum absolute atomic E-state index is 11.5. The topological polar surface area (TPSA) is 57.8 Å². The molecular formula is C13H19N3O. The summed E-state index contributed by atoms with van der Waals surface area (Å²) < 4.78 is 0. The Morgan fingerprint density at radius 2 is 2.35 bits per heavy atom. The van der Waals surface area contributed by atoms with Gasteiger partial charge in [-0.2, -0.15) is 0 Å². The molecule has 0 spiro atoms. The molecular weight excluding hydrogens is 214 g/mol. The van der Waals surface area contributed by atoms with Crippen molar-refractivity contribution in [3.63, 3.8) is 0 Å². The van der Waals surface area contributed by atoms with E-state index in [1.165, 1.54) is 25.7 Å². The Kier molecular flexibility index (Phi) is 2.65. The van der Waals surface area contributed by atoms with Crippen LogP contribution in [0.4, 0.5) is 5.82 Å². The molecule has 4 unspecified atom stereocenters. The van der Waals surface area contributed by atoms with E-state index in [4.69, 9.17) is 0 Å². The number of hydrogen-bond donors (Lipinski definition) is 2. The van der Waals surface area contributed by atoms with E-state index in [9.17, 15) is 4.79 Å². The van der Waals surface area contributed by atoms with Gasteiger partial charge in [0.1, 0.15) is 0 Å². The second-order valence-electron chi connectivity index (χ2n) is 5.54. The van der Waals surface area contributed by atoms with Crippen LogP contribution in [0.5, 0.6) is 0 Å². The van der Waals surface area contributed by atoms with Gasteiger partial charge in [-0.15, -0.1) is 0 Å². The van der Waals surface area contributed by atoms with Crippen LogP contribution < -0.4 is 10.9 Å². The molecule has 1 aromatic rings. The fraction of sp³-hybridized carbons (Fsp3) is 0.692. The Labute approximate surface area is 101 Å². The third kappa shape index (κ3) is 1.96. The van der Waals surface area contributed by atoms with Crippen LogP contribution in [-0.2, 0) is 0 Å². The highest BCUT2D eigenvalue weighted by atomic mass is 16.1.